The second-order valence-electron chi connectivity index (χ2n) is 5.70. The minimum atomic E-state index is -0.0779. The average Bonchev–Trinajstić information content (AvgIpc) is 2.92. The number of imidazole rings is 1. The SMILES string of the molecule is CCO/C(=C(\c1ccccc1)n1ccnc1)C(C)(C)C. The maximum Gasteiger partial charge on any atom is 0.126 e. The quantitative estimate of drug-likeness (QED) is 0.779. The summed E-state index contributed by atoms with van der Waals surface area (Å²) in [6.45, 7) is 9.16. The van der Waals surface area contributed by atoms with Gasteiger partial charge < -0.3 is 9.30 Å². The summed E-state index contributed by atoms with van der Waals surface area (Å²) >= 11 is 0. The number of nitrogens with zero attached hydrogens (tertiary/aromatic N) is 2. The molecule has 0 spiro atoms. The Kier molecular flexibility index (Phi) is 4.28. The predicted molar refractivity (Wildman–Crippen MR) is 82.1 cm³/mol. The van der Waals surface area contributed by atoms with Gasteiger partial charge in [0.25, 0.3) is 0 Å². The number of aromatic nitrogens is 2. The molecule has 0 saturated carbocycles. The highest BCUT2D eigenvalue weighted by Crippen LogP contribution is 2.34. The highest BCUT2D eigenvalue weighted by molar-refractivity contribution is 5.68. The van der Waals surface area contributed by atoms with Gasteiger partial charge in [0.05, 0.1) is 18.6 Å². The molecule has 106 valence electrons. The Morgan fingerprint density at radius 1 is 1.20 bits per heavy atom. The largest absolute Gasteiger partial charge is 0.495 e. The number of hydrogen-bond donors (Lipinski definition) is 0. The topological polar surface area (TPSA) is 27.1 Å². The number of ether oxygens (including phenoxy) is 1. The van der Waals surface area contributed by atoms with Gasteiger partial charge in [0, 0.05) is 23.4 Å². The molecule has 0 amide bonds. The standard InChI is InChI=1S/C17H22N2O/c1-5-20-16(17(2,3)4)15(19-12-11-18-13-19)14-9-7-6-8-10-14/h6-13H,5H2,1-4H3/b16-15+. The summed E-state index contributed by atoms with van der Waals surface area (Å²) in [5, 5.41) is 0. The molecule has 0 radical (unpaired) electrons. The first-order chi connectivity index (χ1) is 9.54. The molecule has 0 saturated heterocycles. The third-order valence-corrected chi connectivity index (χ3v) is 2.99. The van der Waals surface area contributed by atoms with Crippen LogP contribution in [0, 0.1) is 5.41 Å². The molecule has 2 rings (SSSR count). The average molecular weight is 270 g/mol. The lowest BCUT2D eigenvalue weighted by Gasteiger charge is -2.27. The molecule has 0 bridgehead atoms. The van der Waals surface area contributed by atoms with Gasteiger partial charge in [-0.05, 0) is 6.92 Å². The molecule has 0 aliphatic rings. The van der Waals surface area contributed by atoms with Gasteiger partial charge in [-0.3, -0.25) is 0 Å². The molecule has 1 heterocycles. The summed E-state index contributed by atoms with van der Waals surface area (Å²) < 4.78 is 8.00. The molecule has 0 fully saturated rings. The van der Waals surface area contributed by atoms with Gasteiger partial charge in [-0.2, -0.15) is 0 Å². The Morgan fingerprint density at radius 3 is 2.40 bits per heavy atom. The Morgan fingerprint density at radius 2 is 1.90 bits per heavy atom. The summed E-state index contributed by atoms with van der Waals surface area (Å²) in [4.78, 5) is 4.17. The lowest BCUT2D eigenvalue weighted by Crippen LogP contribution is -2.17. The molecule has 0 aliphatic carbocycles. The minimum Gasteiger partial charge on any atom is -0.495 e. The summed E-state index contributed by atoms with van der Waals surface area (Å²) in [5.74, 6) is 0.976. The maximum absolute atomic E-state index is 5.98. The predicted octanol–water partition coefficient (Wildman–Crippen LogP) is 4.18. The monoisotopic (exact) mass is 270 g/mol. The van der Waals surface area contributed by atoms with Gasteiger partial charge in [-0.1, -0.05) is 51.1 Å². The van der Waals surface area contributed by atoms with E-state index >= 15 is 0 Å². The number of benzene rings is 1. The summed E-state index contributed by atoms with van der Waals surface area (Å²) in [7, 11) is 0. The van der Waals surface area contributed by atoms with Crippen molar-refractivity contribution in [1.82, 2.24) is 9.55 Å². The van der Waals surface area contributed by atoms with Crippen LogP contribution in [0.1, 0.15) is 33.3 Å². The molecule has 0 unspecified atom stereocenters. The van der Waals surface area contributed by atoms with Crippen LogP contribution in [0.4, 0.5) is 0 Å². The third kappa shape index (κ3) is 3.10. The lowest BCUT2D eigenvalue weighted by atomic mass is 9.90. The van der Waals surface area contributed by atoms with E-state index in [0.29, 0.717) is 6.61 Å². The van der Waals surface area contributed by atoms with Crippen molar-refractivity contribution in [3.05, 3.63) is 60.4 Å². The molecule has 0 N–H and O–H groups in total. The van der Waals surface area contributed by atoms with Crippen LogP contribution >= 0.6 is 0 Å². The van der Waals surface area contributed by atoms with Crippen LogP contribution in [0.5, 0.6) is 0 Å². The first-order valence-corrected chi connectivity index (χ1v) is 6.95. The highest BCUT2D eigenvalue weighted by atomic mass is 16.5. The van der Waals surface area contributed by atoms with Crippen molar-refractivity contribution in [2.45, 2.75) is 27.7 Å². The van der Waals surface area contributed by atoms with Crippen LogP contribution in [0.15, 0.2) is 54.8 Å². The zero-order valence-electron chi connectivity index (χ0n) is 12.6. The molecule has 20 heavy (non-hydrogen) atoms. The fourth-order valence-electron chi connectivity index (χ4n) is 2.17. The number of hydrogen-bond acceptors (Lipinski definition) is 2. The van der Waals surface area contributed by atoms with E-state index in [1.807, 2.05) is 42.2 Å². The third-order valence-electron chi connectivity index (χ3n) is 2.99. The van der Waals surface area contributed by atoms with Gasteiger partial charge >= 0.3 is 0 Å². The first kappa shape index (κ1) is 14.4. The lowest BCUT2D eigenvalue weighted by molar-refractivity contribution is 0.164. The van der Waals surface area contributed by atoms with Crippen LogP contribution in [0.25, 0.3) is 5.70 Å². The van der Waals surface area contributed by atoms with E-state index in [9.17, 15) is 0 Å². The Bertz CT molecular complexity index is 563. The normalized spacial score (nSPS) is 13.0. The van der Waals surface area contributed by atoms with Crippen molar-refractivity contribution >= 4 is 5.70 Å². The smallest absolute Gasteiger partial charge is 0.126 e. The van der Waals surface area contributed by atoms with Crippen LogP contribution in [0.3, 0.4) is 0 Å². The van der Waals surface area contributed by atoms with E-state index in [-0.39, 0.29) is 5.41 Å². The maximum atomic E-state index is 5.98. The van der Waals surface area contributed by atoms with Crippen LogP contribution < -0.4 is 0 Å². The van der Waals surface area contributed by atoms with Crippen LogP contribution in [-0.4, -0.2) is 16.2 Å². The molecule has 1 aromatic carbocycles. The molecule has 0 aliphatic heterocycles. The molecular formula is C17H22N2O. The summed E-state index contributed by atoms with van der Waals surface area (Å²) in [6.07, 6.45) is 5.55. The number of rotatable bonds is 4. The molecule has 3 nitrogen and oxygen atoms in total. The van der Waals surface area contributed by atoms with Crippen LogP contribution in [0.2, 0.25) is 0 Å². The molecule has 0 atom stereocenters. The Hall–Kier alpha value is -2.03. The van der Waals surface area contributed by atoms with Crippen molar-refractivity contribution in [2.24, 2.45) is 5.41 Å². The van der Waals surface area contributed by atoms with Crippen LogP contribution in [-0.2, 0) is 4.74 Å². The number of allylic oxidation sites excluding steroid dienone is 1. The van der Waals surface area contributed by atoms with E-state index in [0.717, 1.165) is 17.0 Å². The molecular weight excluding hydrogens is 248 g/mol. The minimum absolute atomic E-state index is 0.0779. The fraction of sp³-hybridized carbons (Fsp3) is 0.353. The van der Waals surface area contributed by atoms with Crippen molar-refractivity contribution in [1.29, 1.82) is 0 Å². The van der Waals surface area contributed by atoms with E-state index in [1.165, 1.54) is 0 Å². The fourth-order valence-corrected chi connectivity index (χ4v) is 2.17. The van der Waals surface area contributed by atoms with Gasteiger partial charge in [0.15, 0.2) is 0 Å². The zero-order chi connectivity index (χ0) is 14.6. The van der Waals surface area contributed by atoms with Crippen molar-refractivity contribution in [2.75, 3.05) is 6.61 Å². The molecule has 3 heteroatoms. The zero-order valence-corrected chi connectivity index (χ0v) is 12.6. The van der Waals surface area contributed by atoms with E-state index < -0.39 is 0 Å². The van der Waals surface area contributed by atoms with Gasteiger partial charge in [0.2, 0.25) is 0 Å². The van der Waals surface area contributed by atoms with Gasteiger partial charge in [-0.25, -0.2) is 4.98 Å². The van der Waals surface area contributed by atoms with E-state index in [1.54, 1.807) is 6.20 Å². The first-order valence-electron chi connectivity index (χ1n) is 6.95. The van der Waals surface area contributed by atoms with E-state index in [2.05, 4.69) is 37.9 Å². The van der Waals surface area contributed by atoms with Gasteiger partial charge in [-0.15, -0.1) is 0 Å². The van der Waals surface area contributed by atoms with Crippen molar-refractivity contribution in [3.63, 3.8) is 0 Å². The highest BCUT2D eigenvalue weighted by Gasteiger charge is 2.25. The van der Waals surface area contributed by atoms with Crippen molar-refractivity contribution in [3.8, 4) is 0 Å². The second-order valence-corrected chi connectivity index (χ2v) is 5.70. The van der Waals surface area contributed by atoms with E-state index in [4.69, 9.17) is 4.74 Å². The molecule has 1 aromatic heterocycles. The second kappa shape index (κ2) is 5.95. The Balaban J connectivity index is 2.67. The van der Waals surface area contributed by atoms with Gasteiger partial charge in [0.1, 0.15) is 5.76 Å². The Labute approximate surface area is 120 Å². The summed E-state index contributed by atoms with van der Waals surface area (Å²) in [5.41, 5.74) is 2.10. The molecule has 2 aromatic rings. The van der Waals surface area contributed by atoms with Crippen molar-refractivity contribution < 1.29 is 4.74 Å². The summed E-state index contributed by atoms with van der Waals surface area (Å²) in [6, 6.07) is 10.3.